The zero-order valence-electron chi connectivity index (χ0n) is 18.7. The second-order valence-corrected chi connectivity index (χ2v) is 8.09. The lowest BCUT2D eigenvalue weighted by molar-refractivity contribution is -0.143. The molecule has 6 atom stereocenters. The van der Waals surface area contributed by atoms with E-state index in [2.05, 4.69) is 16.0 Å². The first-order valence-corrected chi connectivity index (χ1v) is 10.2. The van der Waals surface area contributed by atoms with Crippen LogP contribution in [0.3, 0.4) is 0 Å². The Balaban J connectivity index is 5.43. The molecule has 0 aliphatic heterocycles. The summed E-state index contributed by atoms with van der Waals surface area (Å²) >= 11 is 0. The van der Waals surface area contributed by atoms with Gasteiger partial charge in [-0.05, 0) is 32.6 Å². The highest BCUT2D eigenvalue weighted by Gasteiger charge is 2.33. The zero-order chi connectivity index (χ0) is 25.2. The molecule has 0 aromatic carbocycles. The SMILES string of the molecule is CC(C)CC(NC(=O)C(N)C(C)O)C(=O)NC(C(=O)NC(CCC(N)=O)C(=O)O)C(C)O. The molecule has 0 aromatic rings. The van der Waals surface area contributed by atoms with Crippen LogP contribution in [0.25, 0.3) is 0 Å². The summed E-state index contributed by atoms with van der Waals surface area (Å²) in [6, 6.07) is -5.43. The maximum Gasteiger partial charge on any atom is 0.326 e. The maximum absolute atomic E-state index is 12.8. The standard InChI is InChI=1S/C19H35N5O8/c1-8(2)7-12(23-17(29)14(21)9(3)25)16(28)24-15(10(4)26)18(30)22-11(19(31)32)5-6-13(20)27/h8-12,14-15,25-26H,5-7,21H2,1-4H3,(H2,20,27)(H,22,30)(H,23,29)(H,24,28)(H,31,32). The van der Waals surface area contributed by atoms with E-state index >= 15 is 0 Å². The van der Waals surface area contributed by atoms with E-state index in [1.54, 1.807) is 13.8 Å². The molecule has 6 unspecified atom stereocenters. The minimum atomic E-state index is -1.55. The summed E-state index contributed by atoms with van der Waals surface area (Å²) in [5, 5.41) is 35.5. The van der Waals surface area contributed by atoms with Gasteiger partial charge in [0.15, 0.2) is 0 Å². The van der Waals surface area contributed by atoms with Gasteiger partial charge in [0, 0.05) is 6.42 Å². The second kappa shape index (κ2) is 13.6. The Labute approximate surface area is 186 Å². The molecule has 32 heavy (non-hydrogen) atoms. The number of carboxylic acid groups (broad SMARTS) is 1. The van der Waals surface area contributed by atoms with Crippen molar-refractivity contribution in [1.29, 1.82) is 0 Å². The third-order valence-electron chi connectivity index (χ3n) is 4.52. The van der Waals surface area contributed by atoms with Crippen molar-refractivity contribution in [3.8, 4) is 0 Å². The summed E-state index contributed by atoms with van der Waals surface area (Å²) in [4.78, 5) is 59.7. The molecule has 13 nitrogen and oxygen atoms in total. The van der Waals surface area contributed by atoms with Gasteiger partial charge in [-0.2, -0.15) is 0 Å². The van der Waals surface area contributed by atoms with Gasteiger partial charge >= 0.3 is 5.97 Å². The molecule has 13 heteroatoms. The Morgan fingerprint density at radius 2 is 1.34 bits per heavy atom. The van der Waals surface area contributed by atoms with Crippen LogP contribution in [0.1, 0.15) is 47.0 Å². The lowest BCUT2D eigenvalue weighted by Gasteiger charge is -2.27. The number of hydrogen-bond acceptors (Lipinski definition) is 8. The average molecular weight is 462 g/mol. The number of carbonyl (C=O) groups is 5. The highest BCUT2D eigenvalue weighted by Crippen LogP contribution is 2.08. The van der Waals surface area contributed by atoms with Gasteiger partial charge in [0.05, 0.1) is 12.2 Å². The van der Waals surface area contributed by atoms with Crippen LogP contribution >= 0.6 is 0 Å². The van der Waals surface area contributed by atoms with E-state index in [4.69, 9.17) is 11.5 Å². The Kier molecular flexibility index (Phi) is 12.4. The summed E-state index contributed by atoms with van der Waals surface area (Å²) < 4.78 is 0. The van der Waals surface area contributed by atoms with Crippen molar-refractivity contribution < 1.29 is 39.3 Å². The van der Waals surface area contributed by atoms with Crippen LogP contribution < -0.4 is 27.4 Å². The first kappa shape index (κ1) is 29.2. The van der Waals surface area contributed by atoms with Crippen molar-refractivity contribution in [2.24, 2.45) is 17.4 Å². The lowest BCUT2D eigenvalue weighted by Crippen LogP contribution is -2.60. The molecule has 0 heterocycles. The monoisotopic (exact) mass is 461 g/mol. The fourth-order valence-corrected chi connectivity index (χ4v) is 2.65. The molecule has 0 aromatic heterocycles. The largest absolute Gasteiger partial charge is 0.480 e. The van der Waals surface area contributed by atoms with Crippen LogP contribution in [-0.2, 0) is 24.0 Å². The summed E-state index contributed by atoms with van der Waals surface area (Å²) in [7, 11) is 0. The quantitative estimate of drug-likeness (QED) is 0.131. The minimum absolute atomic E-state index is 0.0576. The molecule has 0 fully saturated rings. The van der Waals surface area contributed by atoms with E-state index < -0.39 is 66.0 Å². The predicted molar refractivity (Wildman–Crippen MR) is 113 cm³/mol. The van der Waals surface area contributed by atoms with E-state index in [0.717, 1.165) is 0 Å². The van der Waals surface area contributed by atoms with Gasteiger partial charge in [-0.15, -0.1) is 0 Å². The van der Waals surface area contributed by atoms with Gasteiger partial charge in [-0.1, -0.05) is 13.8 Å². The van der Waals surface area contributed by atoms with E-state index in [-0.39, 0.29) is 25.2 Å². The normalized spacial score (nSPS) is 16.8. The number of nitrogens with two attached hydrogens (primary N) is 2. The van der Waals surface area contributed by atoms with Crippen molar-refractivity contribution in [1.82, 2.24) is 16.0 Å². The Bertz CT molecular complexity index is 683. The number of aliphatic hydroxyl groups is 2. The Hall–Kier alpha value is -2.77. The molecule has 184 valence electrons. The topological polar surface area (TPSA) is 234 Å². The van der Waals surface area contributed by atoms with Gasteiger partial charge in [0.25, 0.3) is 0 Å². The van der Waals surface area contributed by atoms with Crippen LogP contribution in [0.4, 0.5) is 0 Å². The van der Waals surface area contributed by atoms with E-state index in [9.17, 15) is 39.3 Å². The summed E-state index contributed by atoms with van der Waals surface area (Å²) in [6.07, 6.45) is -2.99. The van der Waals surface area contributed by atoms with Crippen LogP contribution in [0.15, 0.2) is 0 Å². The van der Waals surface area contributed by atoms with Crippen molar-refractivity contribution in [3.05, 3.63) is 0 Å². The second-order valence-electron chi connectivity index (χ2n) is 8.09. The van der Waals surface area contributed by atoms with Gasteiger partial charge in [0.2, 0.25) is 23.6 Å². The first-order chi connectivity index (χ1) is 14.7. The van der Waals surface area contributed by atoms with Gasteiger partial charge in [-0.3, -0.25) is 19.2 Å². The van der Waals surface area contributed by atoms with Crippen LogP contribution in [-0.4, -0.2) is 81.3 Å². The summed E-state index contributed by atoms with van der Waals surface area (Å²) in [6.45, 7) is 6.10. The first-order valence-electron chi connectivity index (χ1n) is 10.2. The van der Waals surface area contributed by atoms with Crippen molar-refractivity contribution >= 4 is 29.6 Å². The molecule has 0 spiro atoms. The molecular formula is C19H35N5O8. The number of carbonyl (C=O) groups excluding carboxylic acids is 4. The number of aliphatic hydroxyl groups excluding tert-OH is 2. The fraction of sp³-hybridized carbons (Fsp3) is 0.737. The fourth-order valence-electron chi connectivity index (χ4n) is 2.65. The van der Waals surface area contributed by atoms with E-state index in [1.807, 2.05) is 0 Å². The lowest BCUT2D eigenvalue weighted by atomic mass is 10.0. The average Bonchev–Trinajstić information content (AvgIpc) is 2.66. The van der Waals surface area contributed by atoms with Gasteiger partial charge in [0.1, 0.15) is 24.2 Å². The van der Waals surface area contributed by atoms with Gasteiger partial charge in [-0.25, -0.2) is 4.79 Å². The number of aliphatic carboxylic acids is 1. The Morgan fingerprint density at radius 3 is 1.75 bits per heavy atom. The molecule has 10 N–H and O–H groups in total. The van der Waals surface area contributed by atoms with Crippen LogP contribution in [0.5, 0.6) is 0 Å². The number of primary amides is 1. The molecule has 0 aliphatic carbocycles. The van der Waals surface area contributed by atoms with E-state index in [1.165, 1.54) is 13.8 Å². The number of amides is 4. The third kappa shape index (κ3) is 10.5. The third-order valence-corrected chi connectivity index (χ3v) is 4.52. The van der Waals surface area contributed by atoms with Crippen molar-refractivity contribution in [2.45, 2.75) is 83.3 Å². The van der Waals surface area contributed by atoms with E-state index in [0.29, 0.717) is 0 Å². The van der Waals surface area contributed by atoms with Crippen LogP contribution in [0, 0.1) is 5.92 Å². The minimum Gasteiger partial charge on any atom is -0.480 e. The number of hydrogen-bond donors (Lipinski definition) is 8. The molecular weight excluding hydrogens is 426 g/mol. The highest BCUT2D eigenvalue weighted by molar-refractivity contribution is 5.94. The molecule has 0 saturated heterocycles. The Morgan fingerprint density at radius 1 is 0.812 bits per heavy atom. The highest BCUT2D eigenvalue weighted by atomic mass is 16.4. The summed E-state index contributed by atoms with van der Waals surface area (Å²) in [5.74, 6) is -4.83. The van der Waals surface area contributed by atoms with Crippen LogP contribution in [0.2, 0.25) is 0 Å². The number of nitrogens with one attached hydrogen (secondary N) is 3. The zero-order valence-corrected chi connectivity index (χ0v) is 18.7. The van der Waals surface area contributed by atoms with Crippen molar-refractivity contribution in [3.63, 3.8) is 0 Å². The summed E-state index contributed by atoms with van der Waals surface area (Å²) in [5.41, 5.74) is 10.6. The molecule has 4 amide bonds. The number of carboxylic acids is 1. The van der Waals surface area contributed by atoms with Crippen molar-refractivity contribution in [2.75, 3.05) is 0 Å². The predicted octanol–water partition coefficient (Wildman–Crippen LogP) is -3.07. The maximum atomic E-state index is 12.8. The molecule has 0 radical (unpaired) electrons. The smallest absolute Gasteiger partial charge is 0.326 e. The molecule has 0 aliphatic rings. The van der Waals surface area contributed by atoms with Gasteiger partial charge < -0.3 is 42.7 Å². The molecule has 0 bridgehead atoms. The number of rotatable bonds is 14. The molecule has 0 saturated carbocycles. The molecule has 0 rings (SSSR count).